The molecule has 1 heterocycles. The molecule has 3 rings (SSSR count). The molecule has 1 amide bonds. The lowest BCUT2D eigenvalue weighted by Crippen LogP contribution is -2.40. The van der Waals surface area contributed by atoms with Crippen molar-refractivity contribution in [1.29, 1.82) is 0 Å². The number of fused-ring (bicyclic) bond motifs is 1. The normalized spacial score (nSPS) is 22.2. The van der Waals surface area contributed by atoms with Crippen LogP contribution in [0.1, 0.15) is 36.8 Å². The molecule has 108 valence electrons. The van der Waals surface area contributed by atoms with Gasteiger partial charge in [0.1, 0.15) is 0 Å². The van der Waals surface area contributed by atoms with Crippen molar-refractivity contribution in [2.45, 2.75) is 44.6 Å². The molecule has 0 bridgehead atoms. The number of carbonyl (C=O) groups excluding carboxylic acids is 1. The Hall–Kier alpha value is -1.35. The minimum atomic E-state index is 0.172. The van der Waals surface area contributed by atoms with Crippen molar-refractivity contribution in [1.82, 2.24) is 4.90 Å². The number of rotatable bonds is 4. The highest BCUT2D eigenvalue weighted by molar-refractivity contribution is 5.81. The highest BCUT2D eigenvalue weighted by Crippen LogP contribution is 2.31. The van der Waals surface area contributed by atoms with Gasteiger partial charge in [0.2, 0.25) is 5.91 Å². The predicted molar refractivity (Wildman–Crippen MR) is 80.4 cm³/mol. The van der Waals surface area contributed by atoms with E-state index in [1.165, 1.54) is 11.1 Å². The van der Waals surface area contributed by atoms with Crippen LogP contribution in [0, 0.1) is 5.92 Å². The molecule has 0 aromatic heterocycles. The summed E-state index contributed by atoms with van der Waals surface area (Å²) in [7, 11) is 0. The van der Waals surface area contributed by atoms with Gasteiger partial charge in [-0.1, -0.05) is 24.3 Å². The van der Waals surface area contributed by atoms with E-state index in [9.17, 15) is 4.79 Å². The van der Waals surface area contributed by atoms with Crippen LogP contribution in [0.15, 0.2) is 24.3 Å². The van der Waals surface area contributed by atoms with Gasteiger partial charge in [0, 0.05) is 18.5 Å². The molecule has 20 heavy (non-hydrogen) atoms. The Morgan fingerprint density at radius 3 is 2.60 bits per heavy atom. The maximum Gasteiger partial charge on any atom is 0.226 e. The zero-order chi connectivity index (χ0) is 13.9. The van der Waals surface area contributed by atoms with Crippen LogP contribution in [-0.2, 0) is 17.6 Å². The number of carbonyl (C=O) groups is 1. The second-order valence-electron chi connectivity index (χ2n) is 6.13. The molecule has 0 radical (unpaired) electrons. The SMILES string of the molecule is NCCCC1CCCN1C(=O)C1Cc2ccccc2C1. The molecule has 1 atom stereocenters. The maximum absolute atomic E-state index is 12.8. The fourth-order valence-corrected chi connectivity index (χ4v) is 3.75. The van der Waals surface area contributed by atoms with E-state index in [0.717, 1.165) is 51.6 Å². The fraction of sp³-hybridized carbons (Fsp3) is 0.588. The Balaban J connectivity index is 1.65. The molecule has 1 saturated heterocycles. The topological polar surface area (TPSA) is 46.3 Å². The summed E-state index contributed by atoms with van der Waals surface area (Å²) >= 11 is 0. The number of likely N-dealkylation sites (tertiary alicyclic amines) is 1. The zero-order valence-electron chi connectivity index (χ0n) is 12.1. The van der Waals surface area contributed by atoms with E-state index < -0.39 is 0 Å². The predicted octanol–water partition coefficient (Wildman–Crippen LogP) is 2.13. The van der Waals surface area contributed by atoms with Gasteiger partial charge < -0.3 is 10.6 Å². The molecule has 0 spiro atoms. The summed E-state index contributed by atoms with van der Waals surface area (Å²) in [6, 6.07) is 8.92. The fourth-order valence-electron chi connectivity index (χ4n) is 3.75. The molecule has 3 nitrogen and oxygen atoms in total. The van der Waals surface area contributed by atoms with E-state index in [2.05, 4.69) is 29.2 Å². The molecular formula is C17H24N2O. The van der Waals surface area contributed by atoms with Gasteiger partial charge in [-0.05, 0) is 56.2 Å². The first kappa shape index (κ1) is 13.6. The molecule has 3 heteroatoms. The number of hydrogen-bond donors (Lipinski definition) is 1. The van der Waals surface area contributed by atoms with E-state index in [1.54, 1.807) is 0 Å². The van der Waals surface area contributed by atoms with Gasteiger partial charge >= 0.3 is 0 Å². The largest absolute Gasteiger partial charge is 0.339 e. The number of benzene rings is 1. The summed E-state index contributed by atoms with van der Waals surface area (Å²) in [4.78, 5) is 14.9. The third-order valence-corrected chi connectivity index (χ3v) is 4.80. The molecule has 1 aliphatic carbocycles. The molecule has 0 saturated carbocycles. The van der Waals surface area contributed by atoms with Crippen LogP contribution < -0.4 is 5.73 Å². The number of nitrogens with zero attached hydrogens (tertiary/aromatic N) is 1. The quantitative estimate of drug-likeness (QED) is 0.912. The first-order valence-electron chi connectivity index (χ1n) is 7.87. The van der Waals surface area contributed by atoms with E-state index in [1.807, 2.05) is 0 Å². The highest BCUT2D eigenvalue weighted by atomic mass is 16.2. The summed E-state index contributed by atoms with van der Waals surface area (Å²) in [6.07, 6.45) is 6.26. The molecule has 2 aliphatic rings. The lowest BCUT2D eigenvalue weighted by Gasteiger charge is -2.27. The first-order valence-corrected chi connectivity index (χ1v) is 7.87. The molecule has 1 aromatic rings. The van der Waals surface area contributed by atoms with Crippen molar-refractivity contribution in [3.05, 3.63) is 35.4 Å². The second-order valence-corrected chi connectivity index (χ2v) is 6.13. The summed E-state index contributed by atoms with van der Waals surface area (Å²) < 4.78 is 0. The second kappa shape index (κ2) is 5.96. The van der Waals surface area contributed by atoms with Crippen LogP contribution in [0.2, 0.25) is 0 Å². The monoisotopic (exact) mass is 272 g/mol. The lowest BCUT2D eigenvalue weighted by atomic mass is 10.0. The summed E-state index contributed by atoms with van der Waals surface area (Å²) in [5.41, 5.74) is 8.33. The smallest absolute Gasteiger partial charge is 0.226 e. The average Bonchev–Trinajstić information content (AvgIpc) is 3.10. The molecule has 1 fully saturated rings. The Bertz CT molecular complexity index is 461. The van der Waals surface area contributed by atoms with Gasteiger partial charge in [-0.3, -0.25) is 4.79 Å². The van der Waals surface area contributed by atoms with Gasteiger partial charge in [0.15, 0.2) is 0 Å². The Morgan fingerprint density at radius 2 is 1.95 bits per heavy atom. The minimum Gasteiger partial charge on any atom is -0.339 e. The van der Waals surface area contributed by atoms with Crippen LogP contribution in [-0.4, -0.2) is 29.9 Å². The van der Waals surface area contributed by atoms with Crippen molar-refractivity contribution in [3.8, 4) is 0 Å². The van der Waals surface area contributed by atoms with Crippen LogP contribution in [0.3, 0.4) is 0 Å². The highest BCUT2D eigenvalue weighted by Gasteiger charge is 2.35. The summed E-state index contributed by atoms with van der Waals surface area (Å²) in [5, 5.41) is 0. The number of amides is 1. The molecule has 1 unspecified atom stereocenters. The standard InChI is InChI=1S/C17H24N2O/c18-9-3-7-16-8-4-10-19(16)17(20)15-11-13-5-1-2-6-14(13)12-15/h1-2,5-6,15-16H,3-4,7-12,18H2. The minimum absolute atomic E-state index is 0.172. The molecule has 2 N–H and O–H groups in total. The van der Waals surface area contributed by atoms with E-state index >= 15 is 0 Å². The van der Waals surface area contributed by atoms with Crippen molar-refractivity contribution < 1.29 is 4.79 Å². The summed E-state index contributed by atoms with van der Waals surface area (Å²) in [5.74, 6) is 0.548. The molecular weight excluding hydrogens is 248 g/mol. The third kappa shape index (κ3) is 2.59. The maximum atomic E-state index is 12.8. The van der Waals surface area contributed by atoms with Gasteiger partial charge in [0.25, 0.3) is 0 Å². The first-order chi connectivity index (χ1) is 9.79. The van der Waals surface area contributed by atoms with Gasteiger partial charge in [-0.2, -0.15) is 0 Å². The number of hydrogen-bond acceptors (Lipinski definition) is 2. The van der Waals surface area contributed by atoms with Gasteiger partial charge in [0.05, 0.1) is 0 Å². The third-order valence-electron chi connectivity index (χ3n) is 4.80. The van der Waals surface area contributed by atoms with Gasteiger partial charge in [-0.25, -0.2) is 0 Å². The van der Waals surface area contributed by atoms with Crippen molar-refractivity contribution >= 4 is 5.91 Å². The summed E-state index contributed by atoms with van der Waals surface area (Å²) in [6.45, 7) is 1.67. The van der Waals surface area contributed by atoms with Crippen molar-refractivity contribution in [2.75, 3.05) is 13.1 Å². The van der Waals surface area contributed by atoms with Crippen LogP contribution in [0.5, 0.6) is 0 Å². The van der Waals surface area contributed by atoms with Crippen LogP contribution in [0.4, 0.5) is 0 Å². The lowest BCUT2D eigenvalue weighted by molar-refractivity contribution is -0.136. The Kier molecular flexibility index (Phi) is 4.06. The molecule has 1 aliphatic heterocycles. The van der Waals surface area contributed by atoms with Crippen LogP contribution >= 0.6 is 0 Å². The van der Waals surface area contributed by atoms with E-state index in [0.29, 0.717) is 11.9 Å². The van der Waals surface area contributed by atoms with Gasteiger partial charge in [-0.15, -0.1) is 0 Å². The van der Waals surface area contributed by atoms with Crippen molar-refractivity contribution in [3.63, 3.8) is 0 Å². The Morgan fingerprint density at radius 1 is 1.25 bits per heavy atom. The van der Waals surface area contributed by atoms with E-state index in [-0.39, 0.29) is 5.92 Å². The molecule has 1 aromatic carbocycles. The zero-order valence-corrected chi connectivity index (χ0v) is 12.1. The van der Waals surface area contributed by atoms with Crippen LogP contribution in [0.25, 0.3) is 0 Å². The number of nitrogens with two attached hydrogens (primary N) is 1. The van der Waals surface area contributed by atoms with E-state index in [4.69, 9.17) is 5.73 Å². The average molecular weight is 272 g/mol. The Labute approximate surface area is 121 Å². The van der Waals surface area contributed by atoms with Crippen molar-refractivity contribution in [2.24, 2.45) is 11.7 Å².